The van der Waals surface area contributed by atoms with Gasteiger partial charge in [0.1, 0.15) is 11.5 Å². The summed E-state index contributed by atoms with van der Waals surface area (Å²) in [5, 5.41) is 4.06. The number of likely N-dealkylation sites (tertiary alicyclic amines) is 1. The van der Waals surface area contributed by atoms with Gasteiger partial charge in [-0.1, -0.05) is 17.3 Å². The summed E-state index contributed by atoms with van der Waals surface area (Å²) >= 11 is 0. The summed E-state index contributed by atoms with van der Waals surface area (Å²) in [5.41, 5.74) is 3.56. The lowest BCUT2D eigenvalue weighted by molar-refractivity contribution is 0.246. The number of benzene rings is 1. The first kappa shape index (κ1) is 14.1. The van der Waals surface area contributed by atoms with Gasteiger partial charge in [0.2, 0.25) is 0 Å². The number of aryl methyl sites for hydroxylation is 2. The molecule has 0 amide bonds. The Morgan fingerprint density at radius 2 is 2.24 bits per heavy atom. The molecule has 2 heterocycles. The Morgan fingerprint density at radius 3 is 2.95 bits per heavy atom. The molecule has 0 spiro atoms. The lowest BCUT2D eigenvalue weighted by Gasteiger charge is -2.25. The molecule has 3 rings (SSSR count). The van der Waals surface area contributed by atoms with E-state index < -0.39 is 0 Å². The molecule has 0 aliphatic carbocycles. The second kappa shape index (κ2) is 5.90. The number of ether oxygens (including phenoxy) is 1. The van der Waals surface area contributed by atoms with Gasteiger partial charge in [0, 0.05) is 18.2 Å². The average molecular weight is 286 g/mol. The number of aromatic nitrogens is 1. The van der Waals surface area contributed by atoms with Crippen molar-refractivity contribution in [2.45, 2.75) is 39.3 Å². The van der Waals surface area contributed by atoms with E-state index in [1.165, 1.54) is 24.0 Å². The minimum absolute atomic E-state index is 0.453. The van der Waals surface area contributed by atoms with Gasteiger partial charge >= 0.3 is 0 Å². The fourth-order valence-electron chi connectivity index (χ4n) is 3.17. The van der Waals surface area contributed by atoms with E-state index in [1.54, 1.807) is 7.11 Å². The minimum atomic E-state index is 0.453. The molecular weight excluding hydrogens is 264 g/mol. The largest absolute Gasteiger partial charge is 0.497 e. The number of hydrogen-bond acceptors (Lipinski definition) is 4. The molecule has 1 aromatic carbocycles. The van der Waals surface area contributed by atoms with Crippen LogP contribution in [0.5, 0.6) is 5.75 Å². The van der Waals surface area contributed by atoms with E-state index in [-0.39, 0.29) is 0 Å². The van der Waals surface area contributed by atoms with Crippen LogP contribution in [0.15, 0.2) is 28.8 Å². The molecule has 0 bridgehead atoms. The van der Waals surface area contributed by atoms with Crippen molar-refractivity contribution in [3.8, 4) is 5.75 Å². The Labute approximate surface area is 125 Å². The Balaban J connectivity index is 1.82. The van der Waals surface area contributed by atoms with E-state index in [0.717, 1.165) is 30.3 Å². The van der Waals surface area contributed by atoms with E-state index in [9.17, 15) is 0 Å². The highest BCUT2D eigenvalue weighted by Crippen LogP contribution is 2.35. The maximum atomic E-state index is 5.35. The van der Waals surface area contributed by atoms with Gasteiger partial charge in [0.15, 0.2) is 0 Å². The zero-order chi connectivity index (χ0) is 14.8. The summed E-state index contributed by atoms with van der Waals surface area (Å²) in [6.07, 6.45) is 2.42. The van der Waals surface area contributed by atoms with Crippen molar-refractivity contribution < 1.29 is 9.26 Å². The molecule has 0 N–H and O–H groups in total. The van der Waals surface area contributed by atoms with E-state index in [2.05, 4.69) is 28.3 Å². The van der Waals surface area contributed by atoms with Gasteiger partial charge in [-0.3, -0.25) is 4.90 Å². The Hall–Kier alpha value is -1.81. The van der Waals surface area contributed by atoms with E-state index >= 15 is 0 Å². The SMILES string of the molecule is COc1cccc(C2CCCN2Cc2c(C)noc2C)c1. The molecule has 0 radical (unpaired) electrons. The second-order valence-corrected chi connectivity index (χ2v) is 5.71. The summed E-state index contributed by atoms with van der Waals surface area (Å²) in [5.74, 6) is 1.86. The van der Waals surface area contributed by atoms with Gasteiger partial charge < -0.3 is 9.26 Å². The summed E-state index contributed by atoms with van der Waals surface area (Å²) < 4.78 is 10.6. The predicted molar refractivity (Wildman–Crippen MR) is 81.4 cm³/mol. The molecule has 1 aliphatic heterocycles. The van der Waals surface area contributed by atoms with Crippen LogP contribution in [0.2, 0.25) is 0 Å². The first-order valence-electron chi connectivity index (χ1n) is 7.49. The molecular formula is C17H22N2O2. The molecule has 0 saturated carbocycles. The van der Waals surface area contributed by atoms with E-state index in [1.807, 2.05) is 19.9 Å². The van der Waals surface area contributed by atoms with Gasteiger partial charge in [-0.05, 0) is 50.9 Å². The van der Waals surface area contributed by atoms with Crippen molar-refractivity contribution in [2.24, 2.45) is 0 Å². The maximum Gasteiger partial charge on any atom is 0.138 e. The monoisotopic (exact) mass is 286 g/mol. The molecule has 4 heteroatoms. The predicted octanol–water partition coefficient (Wildman–Crippen LogP) is 3.64. The Morgan fingerprint density at radius 1 is 1.38 bits per heavy atom. The van der Waals surface area contributed by atoms with E-state index in [4.69, 9.17) is 9.26 Å². The lowest BCUT2D eigenvalue weighted by Crippen LogP contribution is -2.23. The first-order valence-corrected chi connectivity index (χ1v) is 7.49. The highest BCUT2D eigenvalue weighted by molar-refractivity contribution is 5.31. The van der Waals surface area contributed by atoms with Crippen molar-refractivity contribution >= 4 is 0 Å². The standard InChI is InChI=1S/C17H22N2O2/c1-12-16(13(2)21-18-12)11-19-9-5-8-17(19)14-6-4-7-15(10-14)20-3/h4,6-7,10,17H,5,8-9,11H2,1-3H3. The molecule has 1 unspecified atom stereocenters. The van der Waals surface area contributed by atoms with Crippen LogP contribution in [0, 0.1) is 13.8 Å². The fourth-order valence-corrected chi connectivity index (χ4v) is 3.17. The van der Waals surface area contributed by atoms with Crippen LogP contribution in [0.4, 0.5) is 0 Å². The summed E-state index contributed by atoms with van der Waals surface area (Å²) in [7, 11) is 1.72. The average Bonchev–Trinajstić information content (AvgIpc) is 3.09. The maximum absolute atomic E-state index is 5.35. The zero-order valence-corrected chi connectivity index (χ0v) is 12.9. The molecule has 112 valence electrons. The first-order chi connectivity index (χ1) is 10.2. The third-order valence-corrected chi connectivity index (χ3v) is 4.38. The van der Waals surface area contributed by atoms with Crippen molar-refractivity contribution in [3.05, 3.63) is 46.8 Å². The third kappa shape index (κ3) is 2.81. The smallest absolute Gasteiger partial charge is 0.138 e. The molecule has 1 aromatic heterocycles. The second-order valence-electron chi connectivity index (χ2n) is 5.71. The third-order valence-electron chi connectivity index (χ3n) is 4.38. The Kier molecular flexibility index (Phi) is 3.97. The van der Waals surface area contributed by atoms with Crippen molar-refractivity contribution in [3.63, 3.8) is 0 Å². The number of rotatable bonds is 4. The van der Waals surface area contributed by atoms with Gasteiger partial charge in [0.05, 0.1) is 12.8 Å². The molecule has 1 fully saturated rings. The lowest BCUT2D eigenvalue weighted by atomic mass is 10.0. The van der Waals surface area contributed by atoms with Crippen molar-refractivity contribution in [1.29, 1.82) is 0 Å². The van der Waals surface area contributed by atoms with Gasteiger partial charge in [-0.25, -0.2) is 0 Å². The molecule has 1 aliphatic rings. The normalized spacial score (nSPS) is 19.1. The minimum Gasteiger partial charge on any atom is -0.497 e. The molecule has 2 aromatic rings. The molecule has 21 heavy (non-hydrogen) atoms. The van der Waals surface area contributed by atoms with Crippen molar-refractivity contribution in [1.82, 2.24) is 10.1 Å². The summed E-state index contributed by atoms with van der Waals surface area (Å²) in [6, 6.07) is 8.86. The van der Waals surface area contributed by atoms with Crippen LogP contribution in [0.3, 0.4) is 0 Å². The highest BCUT2D eigenvalue weighted by atomic mass is 16.5. The van der Waals surface area contributed by atoms with E-state index in [0.29, 0.717) is 6.04 Å². The number of methoxy groups -OCH3 is 1. The Bertz CT molecular complexity index is 602. The molecule has 1 saturated heterocycles. The van der Waals surface area contributed by atoms with Gasteiger partial charge in [-0.15, -0.1) is 0 Å². The topological polar surface area (TPSA) is 38.5 Å². The molecule has 4 nitrogen and oxygen atoms in total. The highest BCUT2D eigenvalue weighted by Gasteiger charge is 2.27. The fraction of sp³-hybridized carbons (Fsp3) is 0.471. The zero-order valence-electron chi connectivity index (χ0n) is 12.9. The van der Waals surface area contributed by atoms with Crippen LogP contribution >= 0.6 is 0 Å². The summed E-state index contributed by atoms with van der Waals surface area (Å²) in [6.45, 7) is 6.03. The van der Waals surface area contributed by atoms with Crippen LogP contribution in [0.1, 0.15) is 41.5 Å². The number of nitrogens with zero attached hydrogens (tertiary/aromatic N) is 2. The van der Waals surface area contributed by atoms with Crippen LogP contribution in [-0.2, 0) is 6.54 Å². The van der Waals surface area contributed by atoms with Crippen LogP contribution in [0.25, 0.3) is 0 Å². The molecule has 1 atom stereocenters. The van der Waals surface area contributed by atoms with Crippen LogP contribution < -0.4 is 4.74 Å². The van der Waals surface area contributed by atoms with Gasteiger partial charge in [-0.2, -0.15) is 0 Å². The quantitative estimate of drug-likeness (QED) is 0.860. The van der Waals surface area contributed by atoms with Gasteiger partial charge in [0.25, 0.3) is 0 Å². The summed E-state index contributed by atoms with van der Waals surface area (Å²) in [4.78, 5) is 2.52. The van der Waals surface area contributed by atoms with Crippen LogP contribution in [-0.4, -0.2) is 23.7 Å². The number of hydrogen-bond donors (Lipinski definition) is 0. The van der Waals surface area contributed by atoms with Crippen molar-refractivity contribution in [2.75, 3.05) is 13.7 Å².